The molecule has 2 rings (SSSR count). The normalized spacial score (nSPS) is 18.4. The molecule has 2 N–H and O–H groups in total. The van der Waals surface area contributed by atoms with Gasteiger partial charge in [0, 0.05) is 18.7 Å². The van der Waals surface area contributed by atoms with Gasteiger partial charge >= 0.3 is 6.18 Å². The molecule has 1 heterocycles. The minimum atomic E-state index is -4.75. The van der Waals surface area contributed by atoms with Crippen molar-refractivity contribution in [1.29, 1.82) is 0 Å². The van der Waals surface area contributed by atoms with Gasteiger partial charge in [0.1, 0.15) is 0 Å². The lowest BCUT2D eigenvalue weighted by molar-refractivity contribution is -0.138. The molecule has 0 spiro atoms. The molecule has 0 saturated carbocycles. The number of alkyl halides is 5. The van der Waals surface area contributed by atoms with Crippen molar-refractivity contribution in [2.45, 2.75) is 18.5 Å². The number of benzene rings is 1. The van der Waals surface area contributed by atoms with Crippen LogP contribution in [0, 0.1) is 0 Å². The first-order valence-corrected chi connectivity index (χ1v) is 5.74. The predicted molar refractivity (Wildman–Crippen MR) is 61.3 cm³/mol. The number of rotatable bonds is 1. The average molecular weight is 294 g/mol. The molecule has 1 aromatic rings. The molecule has 110 valence electrons. The Morgan fingerprint density at radius 3 is 2.45 bits per heavy atom. The second-order valence-corrected chi connectivity index (χ2v) is 4.64. The molecule has 0 unspecified atom stereocenters. The van der Waals surface area contributed by atoms with E-state index in [4.69, 9.17) is 5.73 Å². The van der Waals surface area contributed by atoms with E-state index < -0.39 is 42.1 Å². The average Bonchev–Trinajstić information content (AvgIpc) is 2.67. The summed E-state index contributed by atoms with van der Waals surface area (Å²) >= 11 is 0. The minimum absolute atomic E-state index is 0.0349. The number of nitrogens with zero attached hydrogens (tertiary/aromatic N) is 1. The number of amides is 1. The van der Waals surface area contributed by atoms with E-state index >= 15 is 0 Å². The van der Waals surface area contributed by atoms with Crippen molar-refractivity contribution in [2.24, 2.45) is 0 Å². The van der Waals surface area contributed by atoms with Gasteiger partial charge in [-0.05, 0) is 18.2 Å². The topological polar surface area (TPSA) is 46.3 Å². The van der Waals surface area contributed by atoms with Crippen molar-refractivity contribution in [2.75, 3.05) is 18.8 Å². The number of likely N-dealkylation sites (tertiary alicyclic amines) is 1. The highest BCUT2D eigenvalue weighted by molar-refractivity contribution is 5.97. The third kappa shape index (κ3) is 2.83. The van der Waals surface area contributed by atoms with Crippen LogP contribution in [0.25, 0.3) is 0 Å². The lowest BCUT2D eigenvalue weighted by atomic mass is 10.0. The van der Waals surface area contributed by atoms with Crippen LogP contribution in [0.1, 0.15) is 22.3 Å². The molecule has 0 aliphatic carbocycles. The van der Waals surface area contributed by atoms with Crippen LogP contribution in [-0.4, -0.2) is 29.8 Å². The maximum atomic E-state index is 13.0. The first kappa shape index (κ1) is 14.5. The molecule has 20 heavy (non-hydrogen) atoms. The van der Waals surface area contributed by atoms with Gasteiger partial charge in [0.05, 0.1) is 17.7 Å². The highest BCUT2D eigenvalue weighted by atomic mass is 19.4. The largest absolute Gasteiger partial charge is 0.417 e. The number of anilines is 1. The van der Waals surface area contributed by atoms with Gasteiger partial charge in [-0.15, -0.1) is 0 Å². The van der Waals surface area contributed by atoms with Crippen LogP contribution in [-0.2, 0) is 6.18 Å². The van der Waals surface area contributed by atoms with E-state index in [0.29, 0.717) is 11.0 Å². The zero-order valence-electron chi connectivity index (χ0n) is 10.2. The highest BCUT2D eigenvalue weighted by Crippen LogP contribution is 2.35. The Morgan fingerprint density at radius 1 is 1.30 bits per heavy atom. The third-order valence-corrected chi connectivity index (χ3v) is 3.04. The summed E-state index contributed by atoms with van der Waals surface area (Å²) in [5.41, 5.74) is 3.47. The summed E-state index contributed by atoms with van der Waals surface area (Å²) in [4.78, 5) is 12.7. The number of carbonyl (C=O) groups is 1. The fourth-order valence-electron chi connectivity index (χ4n) is 2.07. The van der Waals surface area contributed by atoms with Gasteiger partial charge in [0.25, 0.3) is 11.8 Å². The van der Waals surface area contributed by atoms with Crippen molar-refractivity contribution >= 4 is 11.6 Å². The Morgan fingerprint density at radius 2 is 1.95 bits per heavy atom. The first-order valence-electron chi connectivity index (χ1n) is 5.74. The minimum Gasteiger partial charge on any atom is -0.399 e. The lowest BCUT2D eigenvalue weighted by Gasteiger charge is -2.19. The number of hydrogen-bond acceptors (Lipinski definition) is 2. The van der Waals surface area contributed by atoms with Crippen LogP contribution in [0.5, 0.6) is 0 Å². The highest BCUT2D eigenvalue weighted by Gasteiger charge is 2.42. The second kappa shape index (κ2) is 4.60. The maximum absolute atomic E-state index is 13.0. The van der Waals surface area contributed by atoms with Gasteiger partial charge in [-0.3, -0.25) is 4.79 Å². The van der Waals surface area contributed by atoms with Crippen molar-refractivity contribution < 1.29 is 26.7 Å². The van der Waals surface area contributed by atoms with Crippen molar-refractivity contribution in [3.05, 3.63) is 29.3 Å². The van der Waals surface area contributed by atoms with Gasteiger partial charge in [-0.25, -0.2) is 8.78 Å². The summed E-state index contributed by atoms with van der Waals surface area (Å²) in [6.07, 6.45) is -5.30. The maximum Gasteiger partial charge on any atom is 0.417 e. The van der Waals surface area contributed by atoms with Crippen LogP contribution in [0.3, 0.4) is 0 Å². The first-order chi connectivity index (χ1) is 9.10. The number of carbonyl (C=O) groups excluding carboxylic acids is 1. The molecule has 1 aliphatic rings. The Bertz CT molecular complexity index is 541. The third-order valence-electron chi connectivity index (χ3n) is 3.04. The fourth-order valence-corrected chi connectivity index (χ4v) is 2.07. The van der Waals surface area contributed by atoms with E-state index in [1.54, 1.807) is 0 Å². The molecular formula is C12H11F5N2O. The summed E-state index contributed by atoms with van der Waals surface area (Å²) in [6.45, 7) is -1.16. The smallest absolute Gasteiger partial charge is 0.399 e. The van der Waals surface area contributed by atoms with Crippen LogP contribution >= 0.6 is 0 Å². The molecule has 0 aromatic heterocycles. The van der Waals surface area contributed by atoms with Gasteiger partial charge < -0.3 is 10.6 Å². The second-order valence-electron chi connectivity index (χ2n) is 4.64. The van der Waals surface area contributed by atoms with Crippen molar-refractivity contribution in [3.63, 3.8) is 0 Å². The summed E-state index contributed by atoms with van der Waals surface area (Å²) < 4.78 is 64.5. The van der Waals surface area contributed by atoms with Crippen LogP contribution < -0.4 is 5.73 Å². The quantitative estimate of drug-likeness (QED) is 0.639. The lowest BCUT2D eigenvalue weighted by Crippen LogP contribution is -2.32. The Hall–Kier alpha value is -1.86. The van der Waals surface area contributed by atoms with Crippen molar-refractivity contribution in [3.8, 4) is 0 Å². The number of halogens is 5. The predicted octanol–water partition coefficient (Wildman–Crippen LogP) is 2.77. The molecule has 1 amide bonds. The SMILES string of the molecule is Nc1ccc(C(F)(F)F)c(C(=O)N2CCC(F)(F)C2)c1. The van der Waals surface area contributed by atoms with E-state index in [-0.39, 0.29) is 12.2 Å². The molecule has 0 radical (unpaired) electrons. The van der Waals surface area contributed by atoms with E-state index in [2.05, 4.69) is 0 Å². The number of nitrogen functional groups attached to an aromatic ring is 1. The molecule has 0 atom stereocenters. The Labute approximate surface area is 111 Å². The summed E-state index contributed by atoms with van der Waals surface area (Å²) in [7, 11) is 0. The summed E-state index contributed by atoms with van der Waals surface area (Å²) in [5.74, 6) is -4.14. The zero-order valence-corrected chi connectivity index (χ0v) is 10.2. The van der Waals surface area contributed by atoms with Crippen molar-refractivity contribution in [1.82, 2.24) is 4.90 Å². The van der Waals surface area contributed by atoms with Gasteiger partial charge in [0.15, 0.2) is 0 Å². The Kier molecular flexibility index (Phi) is 3.35. The monoisotopic (exact) mass is 294 g/mol. The van der Waals surface area contributed by atoms with E-state index in [9.17, 15) is 26.7 Å². The molecule has 3 nitrogen and oxygen atoms in total. The molecule has 1 fully saturated rings. The van der Waals surface area contributed by atoms with E-state index in [0.717, 1.165) is 12.1 Å². The molecule has 1 aromatic carbocycles. The zero-order chi connectivity index (χ0) is 15.1. The number of nitrogens with two attached hydrogens (primary N) is 1. The molecule has 1 aliphatic heterocycles. The van der Waals surface area contributed by atoms with Gasteiger partial charge in [-0.1, -0.05) is 0 Å². The summed E-state index contributed by atoms with van der Waals surface area (Å²) in [6, 6.07) is 2.55. The molecule has 1 saturated heterocycles. The van der Waals surface area contributed by atoms with Gasteiger partial charge in [0.2, 0.25) is 0 Å². The summed E-state index contributed by atoms with van der Waals surface area (Å²) in [5, 5.41) is 0. The van der Waals surface area contributed by atoms with Crippen LogP contribution in [0.15, 0.2) is 18.2 Å². The Balaban J connectivity index is 2.37. The van der Waals surface area contributed by atoms with E-state index in [1.165, 1.54) is 0 Å². The number of hydrogen-bond donors (Lipinski definition) is 1. The molecule has 0 bridgehead atoms. The van der Waals surface area contributed by atoms with Crippen LogP contribution in [0.4, 0.5) is 27.6 Å². The van der Waals surface area contributed by atoms with E-state index in [1.807, 2.05) is 0 Å². The van der Waals surface area contributed by atoms with Gasteiger partial charge in [-0.2, -0.15) is 13.2 Å². The fraction of sp³-hybridized carbons (Fsp3) is 0.417. The molecule has 8 heteroatoms. The standard InChI is InChI=1S/C12H11F5N2O/c13-11(14)3-4-19(6-11)10(20)8-5-7(18)1-2-9(8)12(15,16)17/h1-2,5H,3-4,6,18H2. The van der Waals surface area contributed by atoms with Crippen LogP contribution in [0.2, 0.25) is 0 Å². The molecular weight excluding hydrogens is 283 g/mol.